The monoisotopic (exact) mass is 668 g/mol. The van der Waals surface area contributed by atoms with Crippen LogP contribution in [0.4, 0.5) is 22.7 Å². The summed E-state index contributed by atoms with van der Waals surface area (Å²) in [5, 5.41) is 20.2. The first-order valence-corrected chi connectivity index (χ1v) is 18.6. The number of ether oxygens (including phenoxy) is 2. The van der Waals surface area contributed by atoms with Gasteiger partial charge >= 0.3 is 0 Å². The zero-order valence-corrected chi connectivity index (χ0v) is 29.9. The highest BCUT2D eigenvalue weighted by Gasteiger charge is 2.06. The van der Waals surface area contributed by atoms with Crippen LogP contribution in [-0.4, -0.2) is 6.61 Å². The number of hydrogen-bond donors (Lipinski definition) is 0. The Bertz CT molecular complexity index is 1760. The summed E-state index contributed by atoms with van der Waals surface area (Å²) in [6.07, 6.45) is 15.2. The highest BCUT2D eigenvalue weighted by molar-refractivity contribution is 5.99. The van der Waals surface area contributed by atoms with Gasteiger partial charge in [0.25, 0.3) is 0 Å². The van der Waals surface area contributed by atoms with Crippen molar-refractivity contribution in [3.05, 3.63) is 120 Å². The number of nitrogens with zero attached hydrogens (tertiary/aromatic N) is 4. The second-order valence-corrected chi connectivity index (χ2v) is 12.9. The molecule has 0 aromatic heterocycles. The Balaban J connectivity index is 1.12. The normalized spacial score (nSPS) is 11.6. The number of aryl methyl sites for hydroxylation is 1. The minimum Gasteiger partial charge on any atom is -0.494 e. The molecule has 0 bridgehead atoms. The van der Waals surface area contributed by atoms with E-state index in [1.54, 1.807) is 0 Å². The molecule has 0 fully saturated rings. The first-order chi connectivity index (χ1) is 24.7. The smallest absolute Gasteiger partial charge is 0.119 e. The predicted molar refractivity (Wildman–Crippen MR) is 207 cm³/mol. The van der Waals surface area contributed by atoms with Crippen molar-refractivity contribution in [1.82, 2.24) is 0 Å². The van der Waals surface area contributed by atoms with E-state index in [9.17, 15) is 0 Å². The fourth-order valence-corrected chi connectivity index (χ4v) is 5.86. The van der Waals surface area contributed by atoms with Crippen molar-refractivity contribution < 1.29 is 9.47 Å². The van der Waals surface area contributed by atoms with E-state index in [0.29, 0.717) is 6.61 Å². The van der Waals surface area contributed by atoms with Gasteiger partial charge in [-0.1, -0.05) is 120 Å². The van der Waals surface area contributed by atoms with Crippen LogP contribution in [0, 0.1) is 0 Å². The third-order valence-corrected chi connectivity index (χ3v) is 8.86. The number of fused-ring (bicyclic) bond motifs is 1. The van der Waals surface area contributed by atoms with Gasteiger partial charge < -0.3 is 9.47 Å². The Morgan fingerprint density at radius 3 is 1.50 bits per heavy atom. The van der Waals surface area contributed by atoms with Crippen LogP contribution in [-0.2, 0) is 13.0 Å². The van der Waals surface area contributed by atoms with Gasteiger partial charge in [0.15, 0.2) is 0 Å². The molecule has 5 aromatic rings. The van der Waals surface area contributed by atoms with Crippen molar-refractivity contribution >= 4 is 33.5 Å². The van der Waals surface area contributed by atoms with Crippen LogP contribution in [0.15, 0.2) is 130 Å². The molecule has 0 amide bonds. The largest absolute Gasteiger partial charge is 0.494 e. The Morgan fingerprint density at radius 2 is 0.900 bits per heavy atom. The van der Waals surface area contributed by atoms with Crippen LogP contribution in [0.5, 0.6) is 11.5 Å². The molecule has 6 heteroatoms. The molecule has 0 N–H and O–H groups in total. The molecule has 50 heavy (non-hydrogen) atoms. The van der Waals surface area contributed by atoms with E-state index in [1.807, 2.05) is 66.7 Å². The lowest BCUT2D eigenvalue weighted by Crippen LogP contribution is -1.98. The van der Waals surface area contributed by atoms with Gasteiger partial charge in [-0.15, -0.1) is 10.2 Å². The summed E-state index contributed by atoms with van der Waals surface area (Å²) in [6.45, 7) is 5.75. The van der Waals surface area contributed by atoms with Crippen molar-refractivity contribution in [3.8, 4) is 11.5 Å². The van der Waals surface area contributed by atoms with Gasteiger partial charge in [0.1, 0.15) is 18.1 Å². The van der Waals surface area contributed by atoms with E-state index in [4.69, 9.17) is 9.47 Å². The van der Waals surface area contributed by atoms with Crippen LogP contribution < -0.4 is 9.47 Å². The molecule has 0 spiro atoms. The molecule has 5 aromatic carbocycles. The molecule has 0 aliphatic heterocycles. The molecule has 0 aliphatic rings. The van der Waals surface area contributed by atoms with Gasteiger partial charge in [0.05, 0.1) is 29.4 Å². The van der Waals surface area contributed by atoms with E-state index in [-0.39, 0.29) is 0 Å². The van der Waals surface area contributed by atoms with Gasteiger partial charge in [0.2, 0.25) is 0 Å². The Labute approximate surface area is 298 Å². The minimum absolute atomic E-state index is 0.485. The average molecular weight is 669 g/mol. The SMILES string of the molecule is CCCCCCCCc1ccc(N=Nc2ccc(N=Nc3ccc(OCc4ccc(OCCCCCCC)cc4)cc3)c3ccccc23)cc1. The van der Waals surface area contributed by atoms with E-state index >= 15 is 0 Å². The van der Waals surface area contributed by atoms with Crippen LogP contribution in [0.25, 0.3) is 10.8 Å². The minimum atomic E-state index is 0.485. The summed E-state index contributed by atoms with van der Waals surface area (Å²) in [5.41, 5.74) is 5.64. The van der Waals surface area contributed by atoms with Crippen molar-refractivity contribution in [2.24, 2.45) is 20.5 Å². The van der Waals surface area contributed by atoms with Crippen molar-refractivity contribution in [3.63, 3.8) is 0 Å². The highest BCUT2D eigenvalue weighted by atomic mass is 16.5. The zero-order valence-electron chi connectivity index (χ0n) is 29.9. The van der Waals surface area contributed by atoms with Crippen LogP contribution in [0.1, 0.15) is 95.6 Å². The van der Waals surface area contributed by atoms with Crippen LogP contribution >= 0.6 is 0 Å². The third-order valence-electron chi connectivity index (χ3n) is 8.86. The molecular formula is C44H52N4O2. The van der Waals surface area contributed by atoms with E-state index < -0.39 is 0 Å². The number of azo groups is 2. The summed E-state index contributed by atoms with van der Waals surface area (Å²) < 4.78 is 11.9. The van der Waals surface area contributed by atoms with Gasteiger partial charge in [-0.2, -0.15) is 10.2 Å². The molecule has 0 saturated carbocycles. The summed E-state index contributed by atoms with van der Waals surface area (Å²) in [6, 6.07) is 36.3. The highest BCUT2D eigenvalue weighted by Crippen LogP contribution is 2.35. The first-order valence-electron chi connectivity index (χ1n) is 18.6. The summed E-state index contributed by atoms with van der Waals surface area (Å²) in [4.78, 5) is 0. The van der Waals surface area contributed by atoms with E-state index in [1.165, 1.54) is 69.8 Å². The summed E-state index contributed by atoms with van der Waals surface area (Å²) in [7, 11) is 0. The maximum Gasteiger partial charge on any atom is 0.119 e. The molecule has 260 valence electrons. The molecule has 0 heterocycles. The van der Waals surface area contributed by atoms with Crippen LogP contribution in [0.3, 0.4) is 0 Å². The van der Waals surface area contributed by atoms with Gasteiger partial charge in [0, 0.05) is 10.8 Å². The fourth-order valence-electron chi connectivity index (χ4n) is 5.86. The maximum atomic E-state index is 6.02. The molecule has 0 saturated heterocycles. The number of rotatable bonds is 21. The second kappa shape index (κ2) is 20.6. The van der Waals surface area contributed by atoms with Crippen molar-refractivity contribution in [2.45, 2.75) is 97.5 Å². The lowest BCUT2D eigenvalue weighted by molar-refractivity contribution is 0.300. The standard InChI is InChI=1S/C44H52N4O2/c1-3-5-7-9-10-12-16-35-19-23-37(24-20-35)45-47-43-31-32-44(42-18-14-13-17-41(42)43)48-46-38-25-29-40(30-26-38)50-34-36-21-27-39(28-22-36)49-33-15-11-8-6-4-2/h13-14,17-32H,3-12,15-16,33-34H2,1-2H3. The quantitative estimate of drug-likeness (QED) is 0.0577. The zero-order chi connectivity index (χ0) is 34.6. The second-order valence-electron chi connectivity index (χ2n) is 12.9. The van der Waals surface area contributed by atoms with Crippen molar-refractivity contribution in [1.29, 1.82) is 0 Å². The topological polar surface area (TPSA) is 67.9 Å². The molecular weight excluding hydrogens is 617 g/mol. The third kappa shape index (κ3) is 11.9. The van der Waals surface area contributed by atoms with Crippen molar-refractivity contribution in [2.75, 3.05) is 6.61 Å². The van der Waals surface area contributed by atoms with Crippen LogP contribution in [0.2, 0.25) is 0 Å². The Morgan fingerprint density at radius 1 is 0.420 bits per heavy atom. The predicted octanol–water partition coefficient (Wildman–Crippen LogP) is 14.5. The fraction of sp³-hybridized carbons (Fsp3) is 0.364. The van der Waals surface area contributed by atoms with Gasteiger partial charge in [-0.05, 0) is 91.1 Å². The summed E-state index contributed by atoms with van der Waals surface area (Å²) >= 11 is 0. The number of unbranched alkanes of at least 4 members (excludes halogenated alkanes) is 9. The van der Waals surface area contributed by atoms with E-state index in [0.717, 1.165) is 70.0 Å². The lowest BCUT2D eigenvalue weighted by Gasteiger charge is -2.09. The van der Waals surface area contributed by atoms with E-state index in [2.05, 4.69) is 76.8 Å². The molecule has 5 rings (SSSR count). The lowest BCUT2D eigenvalue weighted by atomic mass is 10.0. The Hall–Kier alpha value is -4.84. The molecule has 6 nitrogen and oxygen atoms in total. The Kier molecular flexibility index (Phi) is 15.0. The average Bonchev–Trinajstić information content (AvgIpc) is 3.16. The maximum absolute atomic E-state index is 6.02. The van der Waals surface area contributed by atoms with Gasteiger partial charge in [-0.3, -0.25) is 0 Å². The summed E-state index contributed by atoms with van der Waals surface area (Å²) in [5.74, 6) is 1.69. The molecule has 0 atom stereocenters. The molecule has 0 radical (unpaired) electrons. The molecule has 0 aliphatic carbocycles. The first kappa shape index (κ1) is 36.4. The molecule has 0 unspecified atom stereocenters. The number of benzene rings is 5. The number of hydrogen-bond acceptors (Lipinski definition) is 6. The van der Waals surface area contributed by atoms with Gasteiger partial charge in [-0.25, -0.2) is 0 Å².